The molecular weight excluding hydrogens is 278 g/mol. The van der Waals surface area contributed by atoms with Crippen LogP contribution >= 0.6 is 0 Å². The van der Waals surface area contributed by atoms with E-state index in [0.717, 1.165) is 0 Å². The summed E-state index contributed by atoms with van der Waals surface area (Å²) >= 11 is 0. The zero-order chi connectivity index (χ0) is 15.2. The second-order valence-corrected chi connectivity index (χ2v) is 4.61. The van der Waals surface area contributed by atoms with Gasteiger partial charge in [-0.25, -0.2) is 0 Å². The first-order chi connectivity index (χ1) is 10.1. The van der Waals surface area contributed by atoms with Crippen molar-refractivity contribution in [1.82, 2.24) is 4.90 Å². The van der Waals surface area contributed by atoms with Crippen LogP contribution in [0.25, 0.3) is 0 Å². The SMILES string of the molecule is O=C(CNc1cc(CO)ccc1[N+](=O)[O-])N1CCOCC1. The summed E-state index contributed by atoms with van der Waals surface area (Å²) in [5.74, 6) is -0.137. The number of morpholine rings is 1. The molecule has 1 amide bonds. The minimum atomic E-state index is -0.525. The number of anilines is 1. The summed E-state index contributed by atoms with van der Waals surface area (Å²) in [6.45, 7) is 1.82. The topological polar surface area (TPSA) is 105 Å². The summed E-state index contributed by atoms with van der Waals surface area (Å²) in [4.78, 5) is 24.1. The molecular formula is C13H17N3O5. The predicted molar refractivity (Wildman–Crippen MR) is 74.9 cm³/mol. The Labute approximate surface area is 121 Å². The van der Waals surface area contributed by atoms with Crippen molar-refractivity contribution in [2.24, 2.45) is 0 Å². The zero-order valence-corrected chi connectivity index (χ0v) is 11.4. The number of carbonyl (C=O) groups excluding carboxylic acids is 1. The Hall–Kier alpha value is -2.19. The van der Waals surface area contributed by atoms with Gasteiger partial charge in [0.25, 0.3) is 5.69 Å². The number of aliphatic hydroxyl groups is 1. The quantitative estimate of drug-likeness (QED) is 0.600. The van der Waals surface area contributed by atoms with Crippen LogP contribution in [0.5, 0.6) is 0 Å². The maximum absolute atomic E-state index is 12.0. The number of amides is 1. The molecule has 21 heavy (non-hydrogen) atoms. The number of nitrogens with zero attached hydrogens (tertiary/aromatic N) is 2. The van der Waals surface area contributed by atoms with Gasteiger partial charge in [-0.15, -0.1) is 0 Å². The molecule has 1 aliphatic rings. The monoisotopic (exact) mass is 295 g/mol. The van der Waals surface area contributed by atoms with Crippen LogP contribution in [0, 0.1) is 10.1 Å². The van der Waals surface area contributed by atoms with Crippen LogP contribution in [0.4, 0.5) is 11.4 Å². The molecule has 1 heterocycles. The van der Waals surface area contributed by atoms with Crippen molar-refractivity contribution < 1.29 is 19.6 Å². The normalized spacial score (nSPS) is 14.8. The molecule has 0 aromatic heterocycles. The molecule has 0 unspecified atom stereocenters. The molecule has 0 aliphatic carbocycles. The van der Waals surface area contributed by atoms with Crippen LogP contribution in [-0.4, -0.2) is 53.7 Å². The summed E-state index contributed by atoms with van der Waals surface area (Å²) in [5.41, 5.74) is 0.650. The van der Waals surface area contributed by atoms with Crippen molar-refractivity contribution in [3.05, 3.63) is 33.9 Å². The lowest BCUT2D eigenvalue weighted by atomic mass is 10.2. The van der Waals surface area contributed by atoms with E-state index in [0.29, 0.717) is 31.9 Å². The highest BCUT2D eigenvalue weighted by Gasteiger charge is 2.19. The molecule has 1 saturated heterocycles. The van der Waals surface area contributed by atoms with Crippen molar-refractivity contribution in [1.29, 1.82) is 0 Å². The number of nitro benzene ring substituents is 1. The Morgan fingerprint density at radius 2 is 2.14 bits per heavy atom. The number of nitrogens with one attached hydrogen (secondary N) is 1. The Bertz CT molecular complexity index is 529. The maximum atomic E-state index is 12.0. The minimum absolute atomic E-state index is 0.0320. The number of ether oxygens (including phenoxy) is 1. The van der Waals surface area contributed by atoms with Gasteiger partial charge in [0.1, 0.15) is 5.69 Å². The van der Waals surface area contributed by atoms with Crippen LogP contribution < -0.4 is 5.32 Å². The number of rotatable bonds is 5. The van der Waals surface area contributed by atoms with Gasteiger partial charge in [-0.3, -0.25) is 14.9 Å². The van der Waals surface area contributed by atoms with Gasteiger partial charge in [-0.05, 0) is 17.7 Å². The maximum Gasteiger partial charge on any atom is 0.292 e. The molecule has 2 rings (SSSR count). The molecule has 0 radical (unpaired) electrons. The first kappa shape index (κ1) is 15.2. The van der Waals surface area contributed by atoms with Crippen LogP contribution in [0.2, 0.25) is 0 Å². The lowest BCUT2D eigenvalue weighted by Gasteiger charge is -2.27. The van der Waals surface area contributed by atoms with Gasteiger partial charge in [0.15, 0.2) is 0 Å². The van der Waals surface area contributed by atoms with Crippen molar-refractivity contribution >= 4 is 17.3 Å². The standard InChI is InChI=1S/C13H17N3O5/c17-9-10-1-2-12(16(19)20)11(7-10)14-8-13(18)15-3-5-21-6-4-15/h1-2,7,14,17H,3-6,8-9H2. The Balaban J connectivity index is 2.04. The van der Waals surface area contributed by atoms with Gasteiger partial charge in [-0.2, -0.15) is 0 Å². The number of carbonyl (C=O) groups is 1. The number of aliphatic hydroxyl groups excluding tert-OH is 1. The van der Waals surface area contributed by atoms with E-state index in [9.17, 15) is 14.9 Å². The first-order valence-electron chi connectivity index (χ1n) is 6.59. The van der Waals surface area contributed by atoms with E-state index >= 15 is 0 Å². The van der Waals surface area contributed by atoms with Crippen molar-refractivity contribution in [3.8, 4) is 0 Å². The fourth-order valence-electron chi connectivity index (χ4n) is 2.08. The highest BCUT2D eigenvalue weighted by Crippen LogP contribution is 2.25. The molecule has 0 saturated carbocycles. The summed E-state index contributed by atoms with van der Waals surface area (Å²) < 4.78 is 5.16. The molecule has 0 atom stereocenters. The van der Waals surface area contributed by atoms with Crippen molar-refractivity contribution in [2.75, 3.05) is 38.2 Å². The predicted octanol–water partition coefficient (Wildman–Crippen LogP) is 0.358. The number of benzene rings is 1. The second kappa shape index (κ2) is 7.00. The van der Waals surface area contributed by atoms with Crippen LogP contribution in [0.3, 0.4) is 0 Å². The van der Waals surface area contributed by atoms with Crippen LogP contribution in [0.15, 0.2) is 18.2 Å². The lowest BCUT2D eigenvalue weighted by Crippen LogP contribution is -2.43. The molecule has 1 aromatic rings. The third-order valence-corrected chi connectivity index (χ3v) is 3.23. The molecule has 0 bridgehead atoms. The third-order valence-electron chi connectivity index (χ3n) is 3.23. The smallest absolute Gasteiger partial charge is 0.292 e. The fraction of sp³-hybridized carbons (Fsp3) is 0.462. The van der Waals surface area contributed by atoms with E-state index in [-0.39, 0.29) is 30.4 Å². The van der Waals surface area contributed by atoms with E-state index in [1.54, 1.807) is 4.90 Å². The zero-order valence-electron chi connectivity index (χ0n) is 11.4. The molecule has 8 heteroatoms. The molecule has 8 nitrogen and oxygen atoms in total. The lowest BCUT2D eigenvalue weighted by molar-refractivity contribution is -0.384. The largest absolute Gasteiger partial charge is 0.392 e. The van der Waals surface area contributed by atoms with E-state index < -0.39 is 4.92 Å². The van der Waals surface area contributed by atoms with E-state index in [4.69, 9.17) is 9.84 Å². The molecule has 114 valence electrons. The average Bonchev–Trinajstić information content (AvgIpc) is 2.52. The van der Waals surface area contributed by atoms with Gasteiger partial charge in [0.05, 0.1) is 31.3 Å². The van der Waals surface area contributed by atoms with Crippen LogP contribution in [0.1, 0.15) is 5.56 Å². The first-order valence-corrected chi connectivity index (χ1v) is 6.59. The van der Waals surface area contributed by atoms with E-state index in [1.807, 2.05) is 0 Å². The Kier molecular flexibility index (Phi) is 5.07. The highest BCUT2D eigenvalue weighted by atomic mass is 16.6. The minimum Gasteiger partial charge on any atom is -0.392 e. The van der Waals surface area contributed by atoms with E-state index in [2.05, 4.69) is 5.32 Å². The van der Waals surface area contributed by atoms with Crippen molar-refractivity contribution in [3.63, 3.8) is 0 Å². The number of hydrogen-bond donors (Lipinski definition) is 2. The Morgan fingerprint density at radius 3 is 2.76 bits per heavy atom. The number of nitro groups is 1. The van der Waals surface area contributed by atoms with Gasteiger partial charge in [0.2, 0.25) is 5.91 Å². The molecule has 1 fully saturated rings. The highest BCUT2D eigenvalue weighted by molar-refractivity contribution is 5.82. The summed E-state index contributed by atoms with van der Waals surface area (Å²) in [6, 6.07) is 4.27. The molecule has 1 aromatic carbocycles. The van der Waals surface area contributed by atoms with Gasteiger partial charge < -0.3 is 20.1 Å². The summed E-state index contributed by atoms with van der Waals surface area (Å²) in [5, 5.41) is 22.8. The fourth-order valence-corrected chi connectivity index (χ4v) is 2.08. The summed E-state index contributed by atoms with van der Waals surface area (Å²) in [6.07, 6.45) is 0. The summed E-state index contributed by atoms with van der Waals surface area (Å²) in [7, 11) is 0. The number of hydrogen-bond acceptors (Lipinski definition) is 6. The van der Waals surface area contributed by atoms with Gasteiger partial charge >= 0.3 is 0 Å². The van der Waals surface area contributed by atoms with Gasteiger partial charge in [-0.1, -0.05) is 0 Å². The van der Waals surface area contributed by atoms with Crippen molar-refractivity contribution in [2.45, 2.75) is 6.61 Å². The molecule has 2 N–H and O–H groups in total. The van der Waals surface area contributed by atoms with Crippen LogP contribution in [-0.2, 0) is 16.1 Å². The molecule has 0 spiro atoms. The van der Waals surface area contributed by atoms with Gasteiger partial charge in [0, 0.05) is 19.2 Å². The van der Waals surface area contributed by atoms with E-state index in [1.165, 1.54) is 18.2 Å². The molecule has 1 aliphatic heterocycles. The average molecular weight is 295 g/mol. The third kappa shape index (κ3) is 3.89. The Morgan fingerprint density at radius 1 is 1.43 bits per heavy atom. The second-order valence-electron chi connectivity index (χ2n) is 4.61.